The number of alkyl halides is 1. The molecule has 1 heterocycles. The van der Waals surface area contributed by atoms with Crippen molar-refractivity contribution in [3.05, 3.63) is 0 Å². The summed E-state index contributed by atoms with van der Waals surface area (Å²) in [7, 11) is 1.68. The maximum absolute atomic E-state index is 11.9. The van der Waals surface area contributed by atoms with Crippen LogP contribution in [-0.2, 0) is 0 Å². The highest BCUT2D eigenvalue weighted by molar-refractivity contribution is 5.76. The number of carbonyl (C=O) groups excluding carboxylic acids is 1. The van der Waals surface area contributed by atoms with Gasteiger partial charge >= 0.3 is 6.03 Å². The molecule has 12 heavy (non-hydrogen) atoms. The lowest BCUT2D eigenvalue weighted by atomic mass is 10.3. The van der Waals surface area contributed by atoms with Gasteiger partial charge in [-0.2, -0.15) is 0 Å². The molecule has 1 fully saturated rings. The standard InChI is InChI=1S/C7H13FN2O2/c1-9-2-3-10(7(9)12)5-6(11)4-8/h6,11H,2-5H2,1H3. The number of amides is 2. The second-order valence-corrected chi connectivity index (χ2v) is 2.96. The average molecular weight is 176 g/mol. The Bertz CT molecular complexity index is 177. The van der Waals surface area contributed by atoms with E-state index >= 15 is 0 Å². The van der Waals surface area contributed by atoms with Crippen molar-refractivity contribution >= 4 is 6.03 Å². The van der Waals surface area contributed by atoms with Crippen LogP contribution in [0.2, 0.25) is 0 Å². The van der Waals surface area contributed by atoms with Crippen LogP contribution in [0.25, 0.3) is 0 Å². The summed E-state index contributed by atoms with van der Waals surface area (Å²) in [5.41, 5.74) is 0. The van der Waals surface area contributed by atoms with Gasteiger partial charge in [-0.15, -0.1) is 0 Å². The average Bonchev–Trinajstić information content (AvgIpc) is 2.36. The fraction of sp³-hybridized carbons (Fsp3) is 0.857. The second kappa shape index (κ2) is 3.71. The van der Waals surface area contributed by atoms with E-state index in [2.05, 4.69) is 0 Å². The molecule has 0 aromatic carbocycles. The Morgan fingerprint density at radius 3 is 2.75 bits per heavy atom. The van der Waals surface area contributed by atoms with E-state index in [0.717, 1.165) is 0 Å². The minimum Gasteiger partial charge on any atom is -0.389 e. The summed E-state index contributed by atoms with van der Waals surface area (Å²) in [6.45, 7) is 0.525. The summed E-state index contributed by atoms with van der Waals surface area (Å²) >= 11 is 0. The summed E-state index contributed by atoms with van der Waals surface area (Å²) < 4.78 is 11.9. The number of aliphatic hydroxyl groups is 1. The molecule has 1 aliphatic rings. The monoisotopic (exact) mass is 176 g/mol. The molecule has 1 aliphatic heterocycles. The SMILES string of the molecule is CN1CCN(CC(O)CF)C1=O. The molecule has 1 N–H and O–H groups in total. The number of hydrogen-bond acceptors (Lipinski definition) is 2. The number of rotatable bonds is 3. The van der Waals surface area contributed by atoms with Crippen LogP contribution < -0.4 is 0 Å². The van der Waals surface area contributed by atoms with E-state index in [1.807, 2.05) is 0 Å². The normalized spacial score (nSPS) is 20.4. The zero-order valence-electron chi connectivity index (χ0n) is 7.03. The van der Waals surface area contributed by atoms with E-state index in [1.54, 1.807) is 11.9 Å². The van der Waals surface area contributed by atoms with Crippen molar-refractivity contribution in [2.75, 3.05) is 33.4 Å². The smallest absolute Gasteiger partial charge is 0.319 e. The zero-order valence-corrected chi connectivity index (χ0v) is 7.03. The molecule has 0 aliphatic carbocycles. The molecule has 0 spiro atoms. The molecule has 5 heteroatoms. The van der Waals surface area contributed by atoms with Crippen molar-refractivity contribution < 1.29 is 14.3 Å². The summed E-state index contributed by atoms with van der Waals surface area (Å²) in [5, 5.41) is 8.93. The largest absolute Gasteiger partial charge is 0.389 e. The minimum atomic E-state index is -1.04. The van der Waals surface area contributed by atoms with Crippen molar-refractivity contribution in [3.63, 3.8) is 0 Å². The van der Waals surface area contributed by atoms with Crippen molar-refractivity contribution in [3.8, 4) is 0 Å². The maximum atomic E-state index is 11.9. The number of aliphatic hydroxyl groups excluding tert-OH is 1. The van der Waals surface area contributed by atoms with E-state index in [4.69, 9.17) is 5.11 Å². The maximum Gasteiger partial charge on any atom is 0.319 e. The quantitative estimate of drug-likeness (QED) is 0.640. The van der Waals surface area contributed by atoms with Crippen LogP contribution >= 0.6 is 0 Å². The van der Waals surface area contributed by atoms with Crippen LogP contribution in [0, 0.1) is 0 Å². The van der Waals surface area contributed by atoms with Crippen LogP contribution in [0.3, 0.4) is 0 Å². The van der Waals surface area contributed by atoms with Gasteiger partial charge in [0.15, 0.2) is 0 Å². The third kappa shape index (κ3) is 1.85. The molecule has 0 saturated carbocycles. The molecule has 0 aromatic heterocycles. The lowest BCUT2D eigenvalue weighted by molar-refractivity contribution is 0.105. The second-order valence-electron chi connectivity index (χ2n) is 2.96. The molecule has 70 valence electrons. The first-order valence-corrected chi connectivity index (χ1v) is 3.89. The third-order valence-corrected chi connectivity index (χ3v) is 1.91. The van der Waals surface area contributed by atoms with Crippen LogP contribution in [-0.4, -0.2) is 60.4 Å². The van der Waals surface area contributed by atoms with E-state index in [1.165, 1.54) is 4.90 Å². The van der Waals surface area contributed by atoms with Gasteiger partial charge in [-0.25, -0.2) is 9.18 Å². The number of carbonyl (C=O) groups is 1. The minimum absolute atomic E-state index is 0.0969. The van der Waals surface area contributed by atoms with Crippen LogP contribution in [0.1, 0.15) is 0 Å². The number of urea groups is 1. The van der Waals surface area contributed by atoms with Gasteiger partial charge in [0, 0.05) is 20.1 Å². The predicted octanol–water partition coefficient (Wildman–Crippen LogP) is -0.316. The van der Waals surface area contributed by atoms with Crippen LogP contribution in [0.15, 0.2) is 0 Å². The van der Waals surface area contributed by atoms with Gasteiger partial charge < -0.3 is 14.9 Å². The lowest BCUT2D eigenvalue weighted by Gasteiger charge is -2.17. The number of halogens is 1. The number of hydrogen-bond donors (Lipinski definition) is 1. The summed E-state index contributed by atoms with van der Waals surface area (Å²) in [6, 6.07) is -0.137. The van der Waals surface area contributed by atoms with Crippen molar-refractivity contribution in [2.24, 2.45) is 0 Å². The Balaban J connectivity index is 2.39. The Labute approximate surface area is 70.6 Å². The van der Waals surface area contributed by atoms with Crippen molar-refractivity contribution in [1.82, 2.24) is 9.80 Å². The Hall–Kier alpha value is -0.840. The fourth-order valence-corrected chi connectivity index (χ4v) is 1.18. The lowest BCUT2D eigenvalue weighted by Crippen LogP contribution is -2.36. The first kappa shape index (κ1) is 9.25. The molecular weight excluding hydrogens is 163 g/mol. The number of nitrogens with zero attached hydrogens (tertiary/aromatic N) is 2. The fourth-order valence-electron chi connectivity index (χ4n) is 1.18. The van der Waals surface area contributed by atoms with Gasteiger partial charge in [0.1, 0.15) is 6.67 Å². The summed E-state index contributed by atoms with van der Waals surface area (Å²) in [5.74, 6) is 0. The van der Waals surface area contributed by atoms with Crippen molar-refractivity contribution in [1.29, 1.82) is 0 Å². The number of β-amino-alcohol motifs (C(OH)–C–C–N with tert-alkyl or cyclic N) is 1. The van der Waals surface area contributed by atoms with Gasteiger partial charge in [-0.3, -0.25) is 0 Å². The van der Waals surface area contributed by atoms with E-state index in [-0.39, 0.29) is 12.6 Å². The van der Waals surface area contributed by atoms with E-state index in [9.17, 15) is 9.18 Å². The van der Waals surface area contributed by atoms with Crippen LogP contribution in [0.4, 0.5) is 9.18 Å². The summed E-state index contributed by atoms with van der Waals surface area (Å²) in [6.07, 6.45) is -1.04. The van der Waals surface area contributed by atoms with E-state index < -0.39 is 12.8 Å². The molecule has 1 saturated heterocycles. The first-order valence-electron chi connectivity index (χ1n) is 3.89. The van der Waals surface area contributed by atoms with Crippen LogP contribution in [0.5, 0.6) is 0 Å². The molecule has 0 radical (unpaired) electrons. The Morgan fingerprint density at radius 2 is 2.33 bits per heavy atom. The predicted molar refractivity (Wildman–Crippen MR) is 41.6 cm³/mol. The highest BCUT2D eigenvalue weighted by Crippen LogP contribution is 2.06. The topological polar surface area (TPSA) is 43.8 Å². The van der Waals surface area contributed by atoms with Gasteiger partial charge in [0.2, 0.25) is 0 Å². The molecule has 1 atom stereocenters. The van der Waals surface area contributed by atoms with Gasteiger partial charge in [0.05, 0.1) is 12.6 Å². The van der Waals surface area contributed by atoms with E-state index in [0.29, 0.717) is 13.1 Å². The summed E-state index contributed by atoms with van der Waals surface area (Å²) in [4.78, 5) is 14.2. The first-order chi connectivity index (χ1) is 5.65. The van der Waals surface area contributed by atoms with Gasteiger partial charge in [-0.05, 0) is 0 Å². The number of likely N-dealkylation sites (N-methyl/N-ethyl adjacent to an activating group) is 1. The zero-order chi connectivity index (χ0) is 9.14. The molecule has 1 rings (SSSR count). The molecular formula is C7H13FN2O2. The molecule has 1 unspecified atom stereocenters. The molecule has 4 nitrogen and oxygen atoms in total. The molecule has 0 aromatic rings. The third-order valence-electron chi connectivity index (χ3n) is 1.91. The van der Waals surface area contributed by atoms with Gasteiger partial charge in [-0.1, -0.05) is 0 Å². The highest BCUT2D eigenvalue weighted by Gasteiger charge is 2.26. The molecule has 2 amide bonds. The van der Waals surface area contributed by atoms with Gasteiger partial charge in [0.25, 0.3) is 0 Å². The molecule has 0 bridgehead atoms. The Kier molecular flexibility index (Phi) is 2.86. The van der Waals surface area contributed by atoms with Crippen molar-refractivity contribution in [2.45, 2.75) is 6.10 Å². The highest BCUT2D eigenvalue weighted by atomic mass is 19.1. The Morgan fingerprint density at radius 1 is 1.67 bits per heavy atom.